The molecule has 1 heterocycles. The number of ether oxygens (including phenoxy) is 2. The normalized spacial score (nSPS) is 12.0. The van der Waals surface area contributed by atoms with Crippen molar-refractivity contribution in [2.45, 2.75) is 6.42 Å². The number of hydrogen-bond donors (Lipinski definition) is 1. The van der Waals surface area contributed by atoms with E-state index < -0.39 is 0 Å². The van der Waals surface area contributed by atoms with E-state index >= 15 is 0 Å². The zero-order chi connectivity index (χ0) is 17.1. The predicted octanol–water partition coefficient (Wildman–Crippen LogP) is 4.26. The smallest absolute Gasteiger partial charge is 0.255 e. The van der Waals surface area contributed by atoms with Crippen LogP contribution in [0.4, 0.5) is 5.69 Å². The Balaban J connectivity index is 1.55. The van der Waals surface area contributed by atoms with Crippen molar-refractivity contribution in [2.24, 2.45) is 0 Å². The summed E-state index contributed by atoms with van der Waals surface area (Å²) in [6.45, 7) is 0.195. The molecular weight excluding hydrogens is 314 g/mol. The van der Waals surface area contributed by atoms with Gasteiger partial charge in [0.15, 0.2) is 11.5 Å². The van der Waals surface area contributed by atoms with Crippen molar-refractivity contribution in [3.05, 3.63) is 89.5 Å². The summed E-state index contributed by atoms with van der Waals surface area (Å²) in [4.78, 5) is 12.6. The zero-order valence-electron chi connectivity index (χ0n) is 13.6. The molecule has 1 amide bonds. The van der Waals surface area contributed by atoms with Crippen LogP contribution in [0.2, 0.25) is 0 Å². The number of carbonyl (C=O) groups excluding carboxylic acids is 1. The van der Waals surface area contributed by atoms with Gasteiger partial charge >= 0.3 is 0 Å². The minimum atomic E-state index is -0.168. The average Bonchev–Trinajstić information content (AvgIpc) is 3.12. The second-order valence-corrected chi connectivity index (χ2v) is 5.84. The standard InChI is InChI=1S/C21H17NO3/c23-21(17-10-11-19-20(13-17)25-14-24-19)22-18-9-5-4-8-16(18)12-15-6-2-1-3-7-15/h1-11,13H,12,14H2,(H,22,23). The lowest BCUT2D eigenvalue weighted by atomic mass is 10.0. The van der Waals surface area contributed by atoms with Gasteiger partial charge in [-0.3, -0.25) is 4.79 Å². The topological polar surface area (TPSA) is 47.6 Å². The number of anilines is 1. The van der Waals surface area contributed by atoms with Crippen molar-refractivity contribution in [3.8, 4) is 11.5 Å². The van der Waals surface area contributed by atoms with Crippen LogP contribution in [0, 0.1) is 0 Å². The number of benzene rings is 3. The minimum absolute atomic E-state index is 0.168. The second-order valence-electron chi connectivity index (χ2n) is 5.84. The molecule has 4 rings (SSSR count). The molecule has 4 heteroatoms. The largest absolute Gasteiger partial charge is 0.454 e. The Morgan fingerprint density at radius 2 is 1.64 bits per heavy atom. The van der Waals surface area contributed by atoms with Gasteiger partial charge in [0.25, 0.3) is 5.91 Å². The van der Waals surface area contributed by atoms with Crippen LogP contribution in [0.25, 0.3) is 0 Å². The molecule has 0 saturated heterocycles. The summed E-state index contributed by atoms with van der Waals surface area (Å²) in [6.07, 6.45) is 0.762. The lowest BCUT2D eigenvalue weighted by Gasteiger charge is -2.11. The van der Waals surface area contributed by atoms with E-state index in [0.29, 0.717) is 17.1 Å². The Morgan fingerprint density at radius 1 is 0.880 bits per heavy atom. The Labute approximate surface area is 146 Å². The number of rotatable bonds is 4. The molecule has 0 radical (unpaired) electrons. The molecule has 0 saturated carbocycles. The lowest BCUT2D eigenvalue weighted by Crippen LogP contribution is -2.13. The number of hydrogen-bond acceptors (Lipinski definition) is 3. The van der Waals surface area contributed by atoms with Crippen LogP contribution in [-0.2, 0) is 6.42 Å². The van der Waals surface area contributed by atoms with E-state index in [2.05, 4.69) is 17.4 Å². The molecule has 0 atom stereocenters. The van der Waals surface area contributed by atoms with Crippen molar-refractivity contribution in [3.63, 3.8) is 0 Å². The summed E-state index contributed by atoms with van der Waals surface area (Å²) in [5.41, 5.74) is 3.63. The van der Waals surface area contributed by atoms with Crippen molar-refractivity contribution >= 4 is 11.6 Å². The first-order valence-electron chi connectivity index (χ1n) is 8.12. The van der Waals surface area contributed by atoms with Gasteiger partial charge in [-0.15, -0.1) is 0 Å². The predicted molar refractivity (Wildman–Crippen MR) is 96.2 cm³/mol. The fourth-order valence-corrected chi connectivity index (χ4v) is 2.84. The van der Waals surface area contributed by atoms with Crippen molar-refractivity contribution in [2.75, 3.05) is 12.1 Å². The maximum atomic E-state index is 12.6. The summed E-state index contributed by atoms with van der Waals surface area (Å²) in [5.74, 6) is 1.10. The molecule has 4 nitrogen and oxygen atoms in total. The highest BCUT2D eigenvalue weighted by molar-refractivity contribution is 6.05. The second kappa shape index (κ2) is 6.69. The molecular formula is C21H17NO3. The van der Waals surface area contributed by atoms with E-state index in [0.717, 1.165) is 17.7 Å². The molecule has 25 heavy (non-hydrogen) atoms. The molecule has 0 aromatic heterocycles. The highest BCUT2D eigenvalue weighted by atomic mass is 16.7. The molecule has 3 aromatic rings. The summed E-state index contributed by atoms with van der Waals surface area (Å²) in [7, 11) is 0. The molecule has 1 aliphatic heterocycles. The van der Waals surface area contributed by atoms with Gasteiger partial charge in [0, 0.05) is 11.3 Å². The summed E-state index contributed by atoms with van der Waals surface area (Å²) < 4.78 is 10.6. The molecule has 1 aliphatic rings. The number of amides is 1. The fourth-order valence-electron chi connectivity index (χ4n) is 2.84. The molecule has 0 spiro atoms. The number of nitrogens with one attached hydrogen (secondary N) is 1. The minimum Gasteiger partial charge on any atom is -0.454 e. The van der Waals surface area contributed by atoms with E-state index in [1.54, 1.807) is 18.2 Å². The highest BCUT2D eigenvalue weighted by Crippen LogP contribution is 2.32. The third-order valence-electron chi connectivity index (χ3n) is 4.14. The average molecular weight is 331 g/mol. The van der Waals surface area contributed by atoms with Gasteiger partial charge in [-0.1, -0.05) is 48.5 Å². The third-order valence-corrected chi connectivity index (χ3v) is 4.14. The van der Waals surface area contributed by atoms with Crippen LogP contribution < -0.4 is 14.8 Å². The van der Waals surface area contributed by atoms with Crippen LogP contribution >= 0.6 is 0 Å². The maximum absolute atomic E-state index is 12.6. The molecule has 0 fully saturated rings. The zero-order valence-corrected chi connectivity index (χ0v) is 13.6. The van der Waals surface area contributed by atoms with E-state index in [1.807, 2.05) is 42.5 Å². The quantitative estimate of drug-likeness (QED) is 0.777. The molecule has 0 bridgehead atoms. The Bertz CT molecular complexity index is 906. The lowest BCUT2D eigenvalue weighted by molar-refractivity contribution is 0.102. The number of carbonyl (C=O) groups is 1. The molecule has 124 valence electrons. The fraction of sp³-hybridized carbons (Fsp3) is 0.0952. The van der Waals surface area contributed by atoms with Crippen molar-refractivity contribution in [1.82, 2.24) is 0 Å². The van der Waals surface area contributed by atoms with Gasteiger partial charge in [0.05, 0.1) is 0 Å². The maximum Gasteiger partial charge on any atom is 0.255 e. The first kappa shape index (κ1) is 15.3. The van der Waals surface area contributed by atoms with E-state index in [-0.39, 0.29) is 12.7 Å². The van der Waals surface area contributed by atoms with Crippen LogP contribution in [0.1, 0.15) is 21.5 Å². The van der Waals surface area contributed by atoms with Gasteiger partial charge in [0.1, 0.15) is 0 Å². The highest BCUT2D eigenvalue weighted by Gasteiger charge is 2.17. The summed E-state index contributed by atoms with van der Waals surface area (Å²) in [6, 6.07) is 23.2. The van der Waals surface area contributed by atoms with Gasteiger partial charge in [-0.05, 0) is 41.8 Å². The van der Waals surface area contributed by atoms with Gasteiger partial charge in [0.2, 0.25) is 6.79 Å². The summed E-state index contributed by atoms with van der Waals surface area (Å²) in [5, 5.41) is 3.00. The molecule has 3 aromatic carbocycles. The van der Waals surface area contributed by atoms with Crippen LogP contribution in [-0.4, -0.2) is 12.7 Å². The van der Waals surface area contributed by atoms with E-state index in [9.17, 15) is 4.79 Å². The monoisotopic (exact) mass is 331 g/mol. The van der Waals surface area contributed by atoms with Crippen LogP contribution in [0.15, 0.2) is 72.8 Å². The van der Waals surface area contributed by atoms with Crippen molar-refractivity contribution < 1.29 is 14.3 Å². The Kier molecular flexibility index (Phi) is 4.09. The Morgan fingerprint density at radius 3 is 2.52 bits per heavy atom. The Hall–Kier alpha value is -3.27. The van der Waals surface area contributed by atoms with E-state index in [4.69, 9.17) is 9.47 Å². The molecule has 0 aliphatic carbocycles. The van der Waals surface area contributed by atoms with Gasteiger partial charge in [-0.25, -0.2) is 0 Å². The summed E-state index contributed by atoms with van der Waals surface area (Å²) >= 11 is 0. The van der Waals surface area contributed by atoms with Gasteiger partial charge in [-0.2, -0.15) is 0 Å². The van der Waals surface area contributed by atoms with Crippen LogP contribution in [0.3, 0.4) is 0 Å². The first-order valence-corrected chi connectivity index (χ1v) is 8.12. The van der Waals surface area contributed by atoms with Crippen molar-refractivity contribution in [1.29, 1.82) is 0 Å². The van der Waals surface area contributed by atoms with Gasteiger partial charge < -0.3 is 14.8 Å². The number of para-hydroxylation sites is 1. The molecule has 0 unspecified atom stereocenters. The third kappa shape index (κ3) is 3.33. The van der Waals surface area contributed by atoms with Crippen LogP contribution in [0.5, 0.6) is 11.5 Å². The molecule has 1 N–H and O–H groups in total. The SMILES string of the molecule is O=C(Nc1ccccc1Cc1ccccc1)c1ccc2c(c1)OCO2. The van der Waals surface area contributed by atoms with E-state index in [1.165, 1.54) is 5.56 Å². The first-order chi connectivity index (χ1) is 12.3. The number of fused-ring (bicyclic) bond motifs is 1.